The average molecular weight is 341 g/mol. The zero-order valence-corrected chi connectivity index (χ0v) is 13.4. The Bertz CT molecular complexity index is 1000. The van der Waals surface area contributed by atoms with Crippen LogP contribution in [0.4, 0.5) is 13.2 Å². The molecule has 0 amide bonds. The minimum Gasteiger partial charge on any atom is -0.326 e. The van der Waals surface area contributed by atoms with Gasteiger partial charge in [-0.05, 0) is 30.3 Å². The second-order valence-electron chi connectivity index (χ2n) is 5.61. The van der Waals surface area contributed by atoms with Crippen LogP contribution in [0.2, 0.25) is 0 Å². The normalized spacial score (nSPS) is 11.2. The number of carbonyl (C=O) groups is 1. The van der Waals surface area contributed by atoms with E-state index in [1.165, 1.54) is 19.1 Å². The number of hydrogen-bond donors (Lipinski definition) is 0. The lowest BCUT2D eigenvalue weighted by atomic mass is 10.1. The predicted molar refractivity (Wildman–Crippen MR) is 90.3 cm³/mol. The van der Waals surface area contributed by atoms with E-state index >= 15 is 0 Å². The maximum Gasteiger partial charge on any atom is 0.416 e. The Hall–Kier alpha value is -3.00. The third-order valence-corrected chi connectivity index (χ3v) is 3.83. The maximum absolute atomic E-state index is 12.7. The van der Waals surface area contributed by atoms with Crippen molar-refractivity contribution in [2.75, 3.05) is 0 Å². The fourth-order valence-corrected chi connectivity index (χ4v) is 2.67. The molecule has 3 rings (SSSR count). The third-order valence-electron chi connectivity index (χ3n) is 3.83. The molecule has 0 aliphatic carbocycles. The molecule has 0 atom stereocenters. The summed E-state index contributed by atoms with van der Waals surface area (Å²) < 4.78 is 40.0. The first-order chi connectivity index (χ1) is 11.9. The first-order valence-corrected chi connectivity index (χ1v) is 7.61. The Morgan fingerprint density at radius 3 is 2.56 bits per heavy atom. The predicted octanol–water partition coefficient (Wildman–Crippen LogP) is 4.91. The van der Waals surface area contributed by atoms with Crippen molar-refractivity contribution in [1.82, 2.24) is 4.57 Å². The van der Waals surface area contributed by atoms with Crippen molar-refractivity contribution in [3.63, 3.8) is 0 Å². The summed E-state index contributed by atoms with van der Waals surface area (Å²) >= 11 is 0. The molecule has 25 heavy (non-hydrogen) atoms. The maximum atomic E-state index is 12.7. The van der Waals surface area contributed by atoms with E-state index in [-0.39, 0.29) is 17.9 Å². The van der Waals surface area contributed by atoms with Gasteiger partial charge in [0.2, 0.25) is 0 Å². The molecule has 0 aliphatic rings. The summed E-state index contributed by atoms with van der Waals surface area (Å²) in [7, 11) is 0. The van der Waals surface area contributed by atoms with Crippen molar-refractivity contribution in [3.8, 4) is 11.8 Å². The fraction of sp³-hybridized carbons (Fsp3) is 0.150. The summed E-state index contributed by atoms with van der Waals surface area (Å²) in [5.41, 5.74) is 0.955. The first-order valence-electron chi connectivity index (χ1n) is 7.61. The minimum absolute atomic E-state index is 0.0860. The number of alkyl halides is 3. The lowest BCUT2D eigenvalue weighted by molar-refractivity contribution is -0.137. The van der Waals surface area contributed by atoms with Crippen LogP contribution in [0, 0.1) is 11.8 Å². The van der Waals surface area contributed by atoms with Crippen LogP contribution in [-0.4, -0.2) is 10.4 Å². The fourth-order valence-electron chi connectivity index (χ4n) is 2.67. The van der Waals surface area contributed by atoms with Gasteiger partial charge in [0.1, 0.15) is 0 Å². The highest BCUT2D eigenvalue weighted by Crippen LogP contribution is 2.29. The number of halogens is 3. The second kappa shape index (κ2) is 6.48. The molecule has 0 bridgehead atoms. The highest BCUT2D eigenvalue weighted by Gasteiger charge is 2.30. The van der Waals surface area contributed by atoms with Crippen LogP contribution in [-0.2, 0) is 12.7 Å². The number of fused-ring (bicyclic) bond motifs is 1. The molecule has 0 N–H and O–H groups in total. The Labute approximate surface area is 142 Å². The summed E-state index contributed by atoms with van der Waals surface area (Å²) in [6.45, 7) is 1.70. The van der Waals surface area contributed by atoms with E-state index < -0.39 is 11.7 Å². The van der Waals surface area contributed by atoms with Crippen LogP contribution in [0.25, 0.3) is 10.9 Å². The first kappa shape index (κ1) is 16.8. The number of aromatic nitrogens is 1. The lowest BCUT2D eigenvalue weighted by Crippen LogP contribution is -2.05. The van der Waals surface area contributed by atoms with Gasteiger partial charge >= 0.3 is 6.18 Å². The van der Waals surface area contributed by atoms with Crippen molar-refractivity contribution < 1.29 is 18.0 Å². The number of benzene rings is 2. The van der Waals surface area contributed by atoms with Crippen LogP contribution in [0.1, 0.15) is 28.5 Å². The van der Waals surface area contributed by atoms with Crippen LogP contribution in [0.3, 0.4) is 0 Å². The summed E-state index contributed by atoms with van der Waals surface area (Å²) in [5, 5.41) is 0.925. The van der Waals surface area contributed by atoms with Gasteiger partial charge < -0.3 is 4.57 Å². The van der Waals surface area contributed by atoms with Gasteiger partial charge in [-0.25, -0.2) is 0 Å². The van der Waals surface area contributed by atoms with Gasteiger partial charge in [0.15, 0.2) is 5.78 Å². The summed E-state index contributed by atoms with van der Waals surface area (Å²) in [4.78, 5) is 11.8. The molecule has 126 valence electrons. The average Bonchev–Trinajstić information content (AvgIpc) is 2.94. The van der Waals surface area contributed by atoms with E-state index in [0.717, 1.165) is 23.0 Å². The zero-order valence-electron chi connectivity index (χ0n) is 13.4. The van der Waals surface area contributed by atoms with Gasteiger partial charge in [-0.1, -0.05) is 36.1 Å². The molecule has 0 saturated heterocycles. The molecule has 0 fully saturated rings. The molecule has 2 nitrogen and oxygen atoms in total. The monoisotopic (exact) mass is 341 g/mol. The Morgan fingerprint density at radius 2 is 1.84 bits per heavy atom. The molecule has 0 unspecified atom stereocenters. The Balaban J connectivity index is 1.93. The number of rotatable bonds is 2. The molecule has 3 aromatic rings. The molecule has 1 aromatic heterocycles. The van der Waals surface area contributed by atoms with Gasteiger partial charge in [0, 0.05) is 23.4 Å². The molecule has 5 heteroatoms. The number of Topliss-reactive ketones (excluding diaryl/α,β-unsaturated/α-hetero) is 1. The minimum atomic E-state index is -4.39. The van der Waals surface area contributed by atoms with Crippen LogP contribution >= 0.6 is 0 Å². The molecule has 1 heterocycles. The SMILES string of the molecule is CC(=O)c1cc2ccccc2n1CC#Cc1cccc(C(F)(F)F)c1. The van der Waals surface area contributed by atoms with Gasteiger partial charge in [0.25, 0.3) is 0 Å². The molecular weight excluding hydrogens is 327 g/mol. The van der Waals surface area contributed by atoms with Gasteiger partial charge in [-0.2, -0.15) is 13.2 Å². The number of para-hydroxylation sites is 1. The van der Waals surface area contributed by atoms with E-state index in [0.29, 0.717) is 5.69 Å². The Kier molecular flexibility index (Phi) is 4.37. The van der Waals surface area contributed by atoms with Gasteiger partial charge in [0.05, 0.1) is 17.8 Å². The smallest absolute Gasteiger partial charge is 0.326 e. The number of ketones is 1. The lowest BCUT2D eigenvalue weighted by Gasteiger charge is -2.06. The Morgan fingerprint density at radius 1 is 1.08 bits per heavy atom. The summed E-state index contributed by atoms with van der Waals surface area (Å²) in [6.07, 6.45) is -4.39. The van der Waals surface area contributed by atoms with Crippen LogP contribution in [0.15, 0.2) is 54.6 Å². The summed E-state index contributed by atoms with van der Waals surface area (Å²) in [6, 6.07) is 14.2. The standard InChI is InChI=1S/C20H14F3NO/c1-14(25)19-13-16-8-2-3-10-18(16)24(19)11-5-7-15-6-4-9-17(12-15)20(21,22)23/h2-4,6,8-10,12-13H,11H2,1H3. The molecule has 0 aliphatic heterocycles. The zero-order chi connectivity index (χ0) is 18.0. The van der Waals surface area contributed by atoms with E-state index in [4.69, 9.17) is 0 Å². The molecule has 2 aromatic carbocycles. The van der Waals surface area contributed by atoms with Crippen molar-refractivity contribution >= 4 is 16.7 Å². The van der Waals surface area contributed by atoms with Crippen molar-refractivity contribution in [2.24, 2.45) is 0 Å². The van der Waals surface area contributed by atoms with E-state index in [9.17, 15) is 18.0 Å². The summed E-state index contributed by atoms with van der Waals surface area (Å²) in [5.74, 6) is 5.52. The molecule has 0 radical (unpaired) electrons. The van der Waals surface area contributed by atoms with Gasteiger partial charge in [-0.3, -0.25) is 4.79 Å². The highest BCUT2D eigenvalue weighted by atomic mass is 19.4. The number of carbonyl (C=O) groups excluding carboxylic acids is 1. The highest BCUT2D eigenvalue weighted by molar-refractivity contribution is 5.98. The van der Waals surface area contributed by atoms with Crippen molar-refractivity contribution in [2.45, 2.75) is 19.6 Å². The van der Waals surface area contributed by atoms with Gasteiger partial charge in [-0.15, -0.1) is 0 Å². The molecule has 0 spiro atoms. The van der Waals surface area contributed by atoms with Crippen LogP contribution < -0.4 is 0 Å². The molecular formula is C20H14F3NO. The molecule has 0 saturated carbocycles. The number of hydrogen-bond acceptors (Lipinski definition) is 1. The number of nitrogens with zero attached hydrogens (tertiary/aromatic N) is 1. The van der Waals surface area contributed by atoms with Crippen LogP contribution in [0.5, 0.6) is 0 Å². The topological polar surface area (TPSA) is 22.0 Å². The largest absolute Gasteiger partial charge is 0.416 e. The van der Waals surface area contributed by atoms with Crippen molar-refractivity contribution in [1.29, 1.82) is 0 Å². The quantitative estimate of drug-likeness (QED) is 0.479. The van der Waals surface area contributed by atoms with E-state index in [2.05, 4.69) is 11.8 Å². The van der Waals surface area contributed by atoms with E-state index in [1.54, 1.807) is 10.6 Å². The van der Waals surface area contributed by atoms with Crippen molar-refractivity contribution in [3.05, 3.63) is 71.4 Å². The van der Waals surface area contributed by atoms with E-state index in [1.807, 2.05) is 24.3 Å². The second-order valence-corrected chi connectivity index (χ2v) is 5.61. The third kappa shape index (κ3) is 3.58.